The van der Waals surface area contributed by atoms with Crippen molar-refractivity contribution in [2.24, 2.45) is 0 Å². The molecule has 0 radical (unpaired) electrons. The number of hydrogen-bond acceptors (Lipinski definition) is 3. The van der Waals surface area contributed by atoms with Gasteiger partial charge in [-0.1, -0.05) is 36.4 Å². The number of carbonyl (C=O) groups is 2. The topological polar surface area (TPSA) is 46.6 Å². The molecule has 2 amide bonds. The Bertz CT molecular complexity index is 794. The highest BCUT2D eigenvalue weighted by Gasteiger charge is 2.18. The zero-order chi connectivity index (χ0) is 16.8. The van der Waals surface area contributed by atoms with Crippen molar-refractivity contribution >= 4 is 17.9 Å². The van der Waals surface area contributed by atoms with Crippen LogP contribution in [0.25, 0.3) is 6.08 Å². The Morgan fingerprint density at radius 3 is 2.62 bits per heavy atom. The normalized spacial score (nSPS) is 14.2. The van der Waals surface area contributed by atoms with Gasteiger partial charge in [-0.05, 0) is 48.4 Å². The van der Waals surface area contributed by atoms with E-state index >= 15 is 0 Å². The molecule has 0 spiro atoms. The lowest BCUT2D eigenvalue weighted by Crippen LogP contribution is -2.37. The summed E-state index contributed by atoms with van der Waals surface area (Å²) < 4.78 is 5.77. The van der Waals surface area contributed by atoms with Gasteiger partial charge in [-0.2, -0.15) is 0 Å². The van der Waals surface area contributed by atoms with Gasteiger partial charge in [-0.15, -0.1) is 0 Å². The molecule has 0 unspecified atom stereocenters. The van der Waals surface area contributed by atoms with Crippen molar-refractivity contribution < 1.29 is 14.3 Å². The quantitative estimate of drug-likeness (QED) is 0.805. The first kappa shape index (κ1) is 15.7. The van der Waals surface area contributed by atoms with Crippen LogP contribution in [0.2, 0.25) is 0 Å². The summed E-state index contributed by atoms with van der Waals surface area (Å²) in [7, 11) is 0. The first-order chi connectivity index (χ1) is 11.7. The van der Waals surface area contributed by atoms with E-state index in [0.717, 1.165) is 11.3 Å². The van der Waals surface area contributed by atoms with Crippen molar-refractivity contribution in [3.05, 3.63) is 78.4 Å². The summed E-state index contributed by atoms with van der Waals surface area (Å²) in [4.78, 5) is 25.0. The number of carbonyl (C=O) groups excluding carboxylic acids is 2. The van der Waals surface area contributed by atoms with Gasteiger partial charge >= 0.3 is 0 Å². The molecule has 2 aromatic carbocycles. The fourth-order valence-corrected chi connectivity index (χ4v) is 2.37. The number of para-hydroxylation sites is 1. The smallest absolute Gasteiger partial charge is 0.253 e. The molecule has 120 valence electrons. The van der Waals surface area contributed by atoms with E-state index in [-0.39, 0.29) is 11.8 Å². The monoisotopic (exact) mass is 319 g/mol. The van der Waals surface area contributed by atoms with Crippen molar-refractivity contribution in [1.82, 2.24) is 4.90 Å². The summed E-state index contributed by atoms with van der Waals surface area (Å²) in [6.45, 7) is 0.426. The lowest BCUT2D eigenvalue weighted by Gasteiger charge is -2.19. The minimum atomic E-state index is -0.307. The first-order valence-corrected chi connectivity index (χ1v) is 7.75. The van der Waals surface area contributed by atoms with Crippen LogP contribution in [-0.4, -0.2) is 23.3 Å². The van der Waals surface area contributed by atoms with Crippen LogP contribution in [0.1, 0.15) is 12.0 Å². The molecular weight excluding hydrogens is 302 g/mol. The minimum Gasteiger partial charge on any atom is -0.457 e. The van der Waals surface area contributed by atoms with Crippen LogP contribution < -0.4 is 4.74 Å². The Morgan fingerprint density at radius 2 is 1.83 bits per heavy atom. The van der Waals surface area contributed by atoms with E-state index in [4.69, 9.17) is 4.74 Å². The number of hydrogen-bond donors (Lipinski definition) is 0. The molecule has 1 aliphatic rings. The third-order valence-electron chi connectivity index (χ3n) is 3.57. The van der Waals surface area contributed by atoms with Gasteiger partial charge in [0.2, 0.25) is 0 Å². The first-order valence-electron chi connectivity index (χ1n) is 7.75. The zero-order valence-corrected chi connectivity index (χ0v) is 13.1. The number of benzene rings is 2. The van der Waals surface area contributed by atoms with E-state index in [1.54, 1.807) is 12.2 Å². The molecule has 4 nitrogen and oxygen atoms in total. The van der Waals surface area contributed by atoms with Crippen LogP contribution in [0.3, 0.4) is 0 Å². The standard InChI is InChI=1S/C20H17NO3/c22-19-11-4-5-14-21(19)20(23)13-12-16-7-6-10-18(15-16)24-17-8-2-1-3-9-17/h1-4,6-13,15H,5,14H2/b13-12+. The molecule has 0 aromatic heterocycles. The number of rotatable bonds is 4. The predicted octanol–water partition coefficient (Wildman–Crippen LogP) is 3.81. The van der Waals surface area contributed by atoms with E-state index in [1.807, 2.05) is 54.6 Å². The second-order valence-electron chi connectivity index (χ2n) is 5.34. The molecule has 0 fully saturated rings. The molecule has 4 heteroatoms. The summed E-state index contributed by atoms with van der Waals surface area (Å²) in [5.41, 5.74) is 0.830. The number of ether oxygens (including phenoxy) is 1. The van der Waals surface area contributed by atoms with Gasteiger partial charge in [0.15, 0.2) is 0 Å². The molecule has 0 aliphatic carbocycles. The molecular formula is C20H17NO3. The maximum absolute atomic E-state index is 12.1. The van der Waals surface area contributed by atoms with E-state index in [2.05, 4.69) is 0 Å². The fraction of sp³-hybridized carbons (Fsp3) is 0.100. The van der Waals surface area contributed by atoms with Gasteiger partial charge in [0.05, 0.1) is 0 Å². The molecule has 24 heavy (non-hydrogen) atoms. The van der Waals surface area contributed by atoms with Crippen molar-refractivity contribution in [3.8, 4) is 11.5 Å². The van der Waals surface area contributed by atoms with Gasteiger partial charge in [-0.3, -0.25) is 14.5 Å². The third kappa shape index (κ3) is 3.98. The molecule has 3 rings (SSSR count). The largest absolute Gasteiger partial charge is 0.457 e. The molecule has 0 N–H and O–H groups in total. The van der Waals surface area contributed by atoms with Crippen LogP contribution in [0.4, 0.5) is 0 Å². The van der Waals surface area contributed by atoms with Crippen LogP contribution in [0.5, 0.6) is 11.5 Å². The van der Waals surface area contributed by atoms with Crippen molar-refractivity contribution in [2.45, 2.75) is 6.42 Å². The van der Waals surface area contributed by atoms with Crippen molar-refractivity contribution in [3.63, 3.8) is 0 Å². The average molecular weight is 319 g/mol. The SMILES string of the molecule is O=C1C=CCCN1C(=O)/C=C/c1cccc(Oc2ccccc2)c1. The Morgan fingerprint density at radius 1 is 1.04 bits per heavy atom. The predicted molar refractivity (Wildman–Crippen MR) is 92.5 cm³/mol. The van der Waals surface area contributed by atoms with Crippen LogP contribution in [-0.2, 0) is 9.59 Å². The number of amides is 2. The Kier molecular flexibility index (Phi) is 4.87. The fourth-order valence-electron chi connectivity index (χ4n) is 2.37. The summed E-state index contributed by atoms with van der Waals surface area (Å²) in [6, 6.07) is 16.9. The molecule has 2 aromatic rings. The highest BCUT2D eigenvalue weighted by Crippen LogP contribution is 2.22. The highest BCUT2D eigenvalue weighted by molar-refractivity contribution is 6.06. The van der Waals surface area contributed by atoms with Crippen LogP contribution in [0.15, 0.2) is 72.8 Å². The molecule has 0 saturated heterocycles. The molecule has 1 aliphatic heterocycles. The maximum Gasteiger partial charge on any atom is 0.253 e. The molecule has 1 heterocycles. The van der Waals surface area contributed by atoms with Gasteiger partial charge < -0.3 is 4.74 Å². The van der Waals surface area contributed by atoms with Crippen LogP contribution >= 0.6 is 0 Å². The lowest BCUT2D eigenvalue weighted by molar-refractivity contribution is -0.139. The van der Waals surface area contributed by atoms with Crippen LogP contribution in [0, 0.1) is 0 Å². The molecule has 0 bridgehead atoms. The second kappa shape index (κ2) is 7.42. The Hall–Kier alpha value is -3.14. The van der Waals surface area contributed by atoms with Gasteiger partial charge in [0, 0.05) is 12.6 Å². The maximum atomic E-state index is 12.1. The second-order valence-corrected chi connectivity index (χ2v) is 5.34. The summed E-state index contributed by atoms with van der Waals surface area (Å²) in [5, 5.41) is 0. The summed E-state index contributed by atoms with van der Waals surface area (Å²) >= 11 is 0. The van der Waals surface area contributed by atoms with Gasteiger partial charge in [-0.25, -0.2) is 0 Å². The summed E-state index contributed by atoms with van der Waals surface area (Å²) in [6.07, 6.45) is 7.01. The number of imide groups is 1. The molecule has 0 saturated carbocycles. The average Bonchev–Trinajstić information content (AvgIpc) is 2.61. The third-order valence-corrected chi connectivity index (χ3v) is 3.57. The van der Waals surface area contributed by atoms with E-state index in [0.29, 0.717) is 18.7 Å². The van der Waals surface area contributed by atoms with E-state index < -0.39 is 0 Å². The highest BCUT2D eigenvalue weighted by atomic mass is 16.5. The molecule has 0 atom stereocenters. The lowest BCUT2D eigenvalue weighted by atomic mass is 10.2. The van der Waals surface area contributed by atoms with Gasteiger partial charge in [0.1, 0.15) is 11.5 Å². The minimum absolute atomic E-state index is 0.267. The number of nitrogens with zero attached hydrogens (tertiary/aromatic N) is 1. The Balaban J connectivity index is 1.69. The van der Waals surface area contributed by atoms with E-state index in [1.165, 1.54) is 17.1 Å². The Labute approximate surface area is 140 Å². The van der Waals surface area contributed by atoms with E-state index in [9.17, 15) is 9.59 Å². The van der Waals surface area contributed by atoms with Gasteiger partial charge in [0.25, 0.3) is 11.8 Å². The summed E-state index contributed by atoms with van der Waals surface area (Å²) in [5.74, 6) is 0.865. The van der Waals surface area contributed by atoms with Crippen molar-refractivity contribution in [2.75, 3.05) is 6.54 Å². The zero-order valence-electron chi connectivity index (χ0n) is 13.1. The van der Waals surface area contributed by atoms with Crippen molar-refractivity contribution in [1.29, 1.82) is 0 Å².